The van der Waals surface area contributed by atoms with Gasteiger partial charge in [0.25, 0.3) is 0 Å². The van der Waals surface area contributed by atoms with Crippen LogP contribution in [0, 0.1) is 0 Å². The van der Waals surface area contributed by atoms with Gasteiger partial charge in [-0.05, 0) is 81.9 Å². The Balaban J connectivity index is 1.12. The highest BCUT2D eigenvalue weighted by molar-refractivity contribution is 6.70. The topological polar surface area (TPSA) is 9.86 Å². The summed E-state index contributed by atoms with van der Waals surface area (Å²) in [6.07, 6.45) is 0. The summed E-state index contributed by atoms with van der Waals surface area (Å²) in [6, 6.07) is 48.8. The lowest BCUT2D eigenvalue weighted by Gasteiger charge is -2.28. The van der Waals surface area contributed by atoms with E-state index < -0.39 is 0 Å². The number of aromatic nitrogens is 2. The number of nitrogens with zero attached hydrogens (tertiary/aromatic N) is 2. The summed E-state index contributed by atoms with van der Waals surface area (Å²) in [5.41, 5.74) is 11.4. The van der Waals surface area contributed by atoms with Crippen LogP contribution in [0.25, 0.3) is 88.4 Å². The van der Waals surface area contributed by atoms with Crippen molar-refractivity contribution in [3.63, 3.8) is 0 Å². The van der Waals surface area contributed by atoms with E-state index in [1.54, 1.807) is 0 Å². The normalized spacial score (nSPS) is 11.7. The van der Waals surface area contributed by atoms with Gasteiger partial charge in [0, 0.05) is 32.9 Å². The molecule has 59 heavy (non-hydrogen) atoms. The van der Waals surface area contributed by atoms with Crippen LogP contribution in [0.1, 0.15) is 0 Å². The fourth-order valence-electron chi connectivity index (χ4n) is 8.70. The van der Waals surface area contributed by atoms with E-state index in [0.717, 1.165) is 55.0 Å². The van der Waals surface area contributed by atoms with Crippen LogP contribution in [0.4, 0.5) is 0 Å². The number of hydrogen-bond donors (Lipinski definition) is 0. The van der Waals surface area contributed by atoms with Gasteiger partial charge in [-0.25, -0.2) is 0 Å². The molecular formula is C48H23B9N2. The van der Waals surface area contributed by atoms with Gasteiger partial charge in [-0.1, -0.05) is 124 Å². The van der Waals surface area contributed by atoms with Crippen molar-refractivity contribution in [3.8, 4) is 44.8 Å². The van der Waals surface area contributed by atoms with E-state index in [4.69, 9.17) is 70.6 Å². The van der Waals surface area contributed by atoms with E-state index in [1.165, 1.54) is 16.5 Å². The van der Waals surface area contributed by atoms with Crippen LogP contribution in [0.2, 0.25) is 0 Å². The van der Waals surface area contributed by atoms with Crippen LogP contribution >= 0.6 is 0 Å². The van der Waals surface area contributed by atoms with Gasteiger partial charge in [0.05, 0.1) is 22.1 Å². The third-order valence-electron chi connectivity index (χ3n) is 11.7. The zero-order valence-electron chi connectivity index (χ0n) is 31.9. The SMILES string of the molecule is [B]c1c([B])c([B])c(-c2c([B])c([B])c(-n3c4ccccc4c4cc(-c5ccc6c(c5)c5ccccc5n6-c5ccc(-c6ccccc6)cc5)ccc43)c([B])c2[B])c([B])c1[B]. The van der Waals surface area contributed by atoms with Crippen LogP contribution in [-0.2, 0) is 0 Å². The second-order valence-electron chi connectivity index (χ2n) is 14.9. The molecule has 0 atom stereocenters. The molecule has 0 fully saturated rings. The quantitative estimate of drug-likeness (QED) is 0.241. The molecule has 11 heteroatoms. The molecule has 0 N–H and O–H groups in total. The zero-order valence-corrected chi connectivity index (χ0v) is 31.9. The van der Waals surface area contributed by atoms with E-state index in [-0.39, 0.29) is 60.3 Å². The predicted molar refractivity (Wildman–Crippen MR) is 260 cm³/mol. The van der Waals surface area contributed by atoms with Crippen LogP contribution in [-0.4, -0.2) is 79.8 Å². The number of para-hydroxylation sites is 2. The molecular weight excluding hydrogens is 702 g/mol. The van der Waals surface area contributed by atoms with Gasteiger partial charge in [-0.2, -0.15) is 0 Å². The average Bonchev–Trinajstić information content (AvgIpc) is 3.78. The van der Waals surface area contributed by atoms with Crippen LogP contribution < -0.4 is 49.2 Å². The molecule has 2 nitrogen and oxygen atoms in total. The highest BCUT2D eigenvalue weighted by Crippen LogP contribution is 2.38. The molecule has 0 aliphatic rings. The van der Waals surface area contributed by atoms with Crippen LogP contribution in [0.3, 0.4) is 0 Å². The molecule has 10 aromatic rings. The highest BCUT2D eigenvalue weighted by Gasteiger charge is 2.23. The van der Waals surface area contributed by atoms with Gasteiger partial charge in [0.15, 0.2) is 0 Å². The summed E-state index contributed by atoms with van der Waals surface area (Å²) in [6.45, 7) is 0. The van der Waals surface area contributed by atoms with Gasteiger partial charge in [0.2, 0.25) is 0 Å². The molecule has 8 aromatic carbocycles. The van der Waals surface area contributed by atoms with Gasteiger partial charge in [-0.15, -0.1) is 16.4 Å². The van der Waals surface area contributed by atoms with E-state index in [9.17, 15) is 0 Å². The predicted octanol–water partition coefficient (Wildman–Crippen LogP) is 2.03. The summed E-state index contributed by atoms with van der Waals surface area (Å²) in [7, 11) is 58.8. The number of fused-ring (bicyclic) bond motifs is 6. The first-order valence-electron chi connectivity index (χ1n) is 19.1. The Morgan fingerprint density at radius 1 is 0.271 bits per heavy atom. The molecule has 18 radical (unpaired) electrons. The maximum Gasteiger partial charge on any atom is 0.115 e. The first-order valence-corrected chi connectivity index (χ1v) is 19.1. The fraction of sp³-hybridized carbons (Fsp3) is 0. The molecule has 0 saturated carbocycles. The molecule has 252 valence electrons. The van der Waals surface area contributed by atoms with E-state index in [1.807, 2.05) is 28.8 Å². The van der Waals surface area contributed by atoms with Crippen molar-refractivity contribution in [1.29, 1.82) is 0 Å². The van der Waals surface area contributed by atoms with Crippen molar-refractivity contribution in [2.75, 3.05) is 0 Å². The largest absolute Gasteiger partial charge is 0.310 e. The number of rotatable bonds is 5. The Bertz CT molecular complexity index is 3310. The highest BCUT2D eigenvalue weighted by atomic mass is 15.0. The summed E-state index contributed by atoms with van der Waals surface area (Å²) >= 11 is 0. The van der Waals surface area contributed by atoms with Crippen LogP contribution in [0.5, 0.6) is 0 Å². The minimum absolute atomic E-state index is 0.0589. The maximum atomic E-state index is 6.91. The lowest BCUT2D eigenvalue weighted by molar-refractivity contribution is 1.18. The van der Waals surface area contributed by atoms with Crippen molar-refractivity contribution < 1.29 is 0 Å². The van der Waals surface area contributed by atoms with Crippen molar-refractivity contribution in [2.24, 2.45) is 0 Å². The molecule has 0 bridgehead atoms. The van der Waals surface area contributed by atoms with Gasteiger partial charge in [0.1, 0.15) is 70.6 Å². The lowest BCUT2D eigenvalue weighted by atomic mass is 9.56. The van der Waals surface area contributed by atoms with Crippen molar-refractivity contribution in [2.45, 2.75) is 0 Å². The molecule has 0 unspecified atom stereocenters. The lowest BCUT2D eigenvalue weighted by Crippen LogP contribution is -2.57. The van der Waals surface area contributed by atoms with Crippen LogP contribution in [0.15, 0.2) is 140 Å². The molecule has 0 amide bonds. The summed E-state index contributed by atoms with van der Waals surface area (Å²) in [4.78, 5) is 0. The molecule has 0 spiro atoms. The Kier molecular flexibility index (Phi) is 8.87. The monoisotopic (exact) mass is 726 g/mol. The third kappa shape index (κ3) is 5.61. The number of benzene rings is 8. The first kappa shape index (κ1) is 37.2. The van der Waals surface area contributed by atoms with Gasteiger partial charge >= 0.3 is 0 Å². The van der Waals surface area contributed by atoms with Crippen molar-refractivity contribution >= 4 is 163 Å². The van der Waals surface area contributed by atoms with Crippen molar-refractivity contribution in [3.05, 3.63) is 140 Å². The third-order valence-corrected chi connectivity index (χ3v) is 11.7. The molecule has 2 aromatic heterocycles. The van der Waals surface area contributed by atoms with E-state index in [0.29, 0.717) is 5.69 Å². The molecule has 10 rings (SSSR count). The second kappa shape index (κ2) is 14.1. The molecule has 2 heterocycles. The Hall–Kier alpha value is -6.06. The smallest absolute Gasteiger partial charge is 0.115 e. The maximum absolute atomic E-state index is 6.91. The summed E-state index contributed by atoms with van der Waals surface area (Å²) < 4.78 is 4.32. The second-order valence-corrected chi connectivity index (χ2v) is 14.9. The minimum Gasteiger partial charge on any atom is -0.310 e. The number of hydrogen-bond acceptors (Lipinski definition) is 0. The Morgan fingerprint density at radius 2 is 0.644 bits per heavy atom. The molecule has 0 aliphatic heterocycles. The van der Waals surface area contributed by atoms with Crippen molar-refractivity contribution in [1.82, 2.24) is 9.13 Å². The first-order chi connectivity index (χ1) is 28.5. The average molecular weight is 725 g/mol. The summed E-state index contributed by atoms with van der Waals surface area (Å²) in [5.74, 6) is 0. The minimum atomic E-state index is 0.0589. The van der Waals surface area contributed by atoms with Gasteiger partial charge in [-0.3, -0.25) is 0 Å². The Morgan fingerprint density at radius 3 is 1.17 bits per heavy atom. The zero-order chi connectivity index (χ0) is 40.9. The van der Waals surface area contributed by atoms with Gasteiger partial charge < -0.3 is 9.13 Å². The molecule has 0 saturated heterocycles. The Labute approximate surface area is 355 Å². The van der Waals surface area contributed by atoms with E-state index >= 15 is 0 Å². The summed E-state index contributed by atoms with van der Waals surface area (Å²) in [5, 5.41) is 4.32. The fourth-order valence-corrected chi connectivity index (χ4v) is 8.70. The van der Waals surface area contributed by atoms with E-state index in [2.05, 4.69) is 120 Å². The molecule has 0 aliphatic carbocycles. The standard InChI is InChI=1S/C48H23B9N2/c49-39-37(40(50)44(54)45(55)43(39)53)38-41(51)46(56)48(47(57)42(38)52)59-34-13-7-5-11-30(34)32-23-27(17-21-36(32)59)26-16-20-35-31(22-26)29-10-4-6-12-33(29)58(35)28-18-14-25(15-19-28)24-8-2-1-3-9-24/h1-23H.